The summed E-state index contributed by atoms with van der Waals surface area (Å²) >= 11 is 0. The lowest BCUT2D eigenvalue weighted by Gasteiger charge is -2.18. The zero-order chi connectivity index (χ0) is 10.6. The van der Waals surface area contributed by atoms with Gasteiger partial charge >= 0.3 is 0 Å². The molecule has 3 heteroatoms. The summed E-state index contributed by atoms with van der Waals surface area (Å²) in [6, 6.07) is 4.58. The number of nitrogens with two attached hydrogens (primary N) is 1. The van der Waals surface area contributed by atoms with Crippen molar-refractivity contribution in [2.75, 3.05) is 18.8 Å². The highest BCUT2D eigenvalue weighted by Gasteiger charge is 2.04. The predicted octanol–water partition coefficient (Wildman–Crippen LogP) is 2.25. The largest absolute Gasteiger partial charge is 0.398 e. The fourth-order valence-electron chi connectivity index (χ4n) is 1.40. The maximum Gasteiger partial charge on any atom is 0.125 e. The summed E-state index contributed by atoms with van der Waals surface area (Å²) in [4.78, 5) is 2.24. The highest BCUT2D eigenvalue weighted by molar-refractivity contribution is 5.46. The van der Waals surface area contributed by atoms with Crippen molar-refractivity contribution in [3.63, 3.8) is 0 Å². The Labute approximate surface area is 84.5 Å². The van der Waals surface area contributed by atoms with Gasteiger partial charge in [-0.15, -0.1) is 0 Å². The molecule has 0 radical (unpaired) electrons. The Kier molecular flexibility index (Phi) is 3.89. The third-order valence-electron chi connectivity index (χ3n) is 2.40. The molecule has 1 rings (SSSR count). The van der Waals surface area contributed by atoms with Gasteiger partial charge in [-0.1, -0.05) is 19.9 Å². The summed E-state index contributed by atoms with van der Waals surface area (Å²) < 4.78 is 12.8. The van der Waals surface area contributed by atoms with Crippen molar-refractivity contribution in [3.05, 3.63) is 29.6 Å². The molecule has 14 heavy (non-hydrogen) atoms. The van der Waals surface area contributed by atoms with Crippen LogP contribution in [0.25, 0.3) is 0 Å². The molecule has 0 aliphatic heterocycles. The van der Waals surface area contributed by atoms with Crippen LogP contribution in [0.2, 0.25) is 0 Å². The van der Waals surface area contributed by atoms with E-state index in [0.717, 1.165) is 25.2 Å². The molecule has 1 aromatic carbocycles. The summed E-state index contributed by atoms with van der Waals surface area (Å²) in [6.45, 7) is 6.95. The lowest BCUT2D eigenvalue weighted by molar-refractivity contribution is 0.296. The van der Waals surface area contributed by atoms with Crippen LogP contribution in [-0.2, 0) is 6.54 Å². The van der Waals surface area contributed by atoms with Gasteiger partial charge in [0.25, 0.3) is 0 Å². The Morgan fingerprint density at radius 1 is 1.29 bits per heavy atom. The third kappa shape index (κ3) is 2.70. The molecule has 0 heterocycles. The Morgan fingerprint density at radius 2 is 1.93 bits per heavy atom. The minimum Gasteiger partial charge on any atom is -0.398 e. The van der Waals surface area contributed by atoms with Crippen molar-refractivity contribution in [1.29, 1.82) is 0 Å². The summed E-state index contributed by atoms with van der Waals surface area (Å²) in [5.74, 6) is -0.272. The number of anilines is 1. The van der Waals surface area contributed by atoms with Crippen LogP contribution >= 0.6 is 0 Å². The first-order valence-electron chi connectivity index (χ1n) is 4.93. The molecule has 2 N–H and O–H groups in total. The molecule has 0 amide bonds. The topological polar surface area (TPSA) is 29.3 Å². The van der Waals surface area contributed by atoms with Crippen molar-refractivity contribution in [2.45, 2.75) is 20.4 Å². The van der Waals surface area contributed by atoms with Gasteiger partial charge in [0.15, 0.2) is 0 Å². The van der Waals surface area contributed by atoms with Crippen molar-refractivity contribution in [1.82, 2.24) is 4.90 Å². The number of benzene rings is 1. The molecule has 0 fully saturated rings. The van der Waals surface area contributed by atoms with Gasteiger partial charge in [0.1, 0.15) is 5.82 Å². The van der Waals surface area contributed by atoms with E-state index in [1.807, 2.05) is 0 Å². The van der Waals surface area contributed by atoms with Gasteiger partial charge < -0.3 is 5.73 Å². The van der Waals surface area contributed by atoms with Crippen LogP contribution in [0, 0.1) is 5.82 Å². The monoisotopic (exact) mass is 196 g/mol. The molecule has 0 spiro atoms. The van der Waals surface area contributed by atoms with Crippen molar-refractivity contribution < 1.29 is 4.39 Å². The molecule has 0 unspecified atom stereocenters. The summed E-state index contributed by atoms with van der Waals surface area (Å²) in [6.07, 6.45) is 0. The summed E-state index contributed by atoms with van der Waals surface area (Å²) in [5, 5.41) is 0. The van der Waals surface area contributed by atoms with Crippen LogP contribution in [0.4, 0.5) is 10.1 Å². The van der Waals surface area contributed by atoms with E-state index in [2.05, 4.69) is 18.7 Å². The zero-order valence-electron chi connectivity index (χ0n) is 8.76. The van der Waals surface area contributed by atoms with E-state index in [1.165, 1.54) is 12.1 Å². The number of hydrogen-bond donors (Lipinski definition) is 1. The minimum absolute atomic E-state index is 0.272. The van der Waals surface area contributed by atoms with E-state index in [1.54, 1.807) is 6.07 Å². The van der Waals surface area contributed by atoms with Crippen LogP contribution in [0.1, 0.15) is 19.4 Å². The smallest absolute Gasteiger partial charge is 0.125 e. The van der Waals surface area contributed by atoms with Crippen LogP contribution in [0.3, 0.4) is 0 Å². The normalized spacial score (nSPS) is 10.9. The van der Waals surface area contributed by atoms with Crippen LogP contribution in [0.15, 0.2) is 18.2 Å². The number of hydrogen-bond acceptors (Lipinski definition) is 2. The molecule has 78 valence electrons. The zero-order valence-corrected chi connectivity index (χ0v) is 8.76. The quantitative estimate of drug-likeness (QED) is 0.748. The lowest BCUT2D eigenvalue weighted by Crippen LogP contribution is -2.22. The summed E-state index contributed by atoms with van der Waals surface area (Å²) in [5.41, 5.74) is 7.25. The van der Waals surface area contributed by atoms with Gasteiger partial charge in [0.2, 0.25) is 0 Å². The van der Waals surface area contributed by atoms with E-state index < -0.39 is 0 Å². The molecule has 0 aliphatic carbocycles. The fourth-order valence-corrected chi connectivity index (χ4v) is 1.40. The number of nitrogen functional groups attached to an aromatic ring is 1. The molecular formula is C11H17FN2. The molecule has 0 bridgehead atoms. The van der Waals surface area contributed by atoms with E-state index in [-0.39, 0.29) is 5.82 Å². The van der Waals surface area contributed by atoms with Gasteiger partial charge in [0.05, 0.1) is 0 Å². The first-order chi connectivity index (χ1) is 6.67. The average molecular weight is 196 g/mol. The van der Waals surface area contributed by atoms with Crippen LogP contribution in [0.5, 0.6) is 0 Å². The minimum atomic E-state index is -0.272. The molecule has 0 saturated carbocycles. The number of halogens is 1. The SMILES string of the molecule is CCN(CC)Cc1ccc(F)cc1N. The molecule has 0 saturated heterocycles. The van der Waals surface area contributed by atoms with E-state index in [9.17, 15) is 4.39 Å². The van der Waals surface area contributed by atoms with Crippen molar-refractivity contribution in [2.24, 2.45) is 0 Å². The Morgan fingerprint density at radius 3 is 2.43 bits per heavy atom. The number of rotatable bonds is 4. The average Bonchev–Trinajstić information content (AvgIpc) is 2.17. The van der Waals surface area contributed by atoms with Gasteiger partial charge in [-0.25, -0.2) is 4.39 Å². The van der Waals surface area contributed by atoms with Crippen molar-refractivity contribution in [3.8, 4) is 0 Å². The second kappa shape index (κ2) is 4.96. The first-order valence-corrected chi connectivity index (χ1v) is 4.93. The molecule has 1 aromatic rings. The standard InChI is InChI=1S/C11H17FN2/c1-3-14(4-2)8-9-5-6-10(12)7-11(9)13/h5-7H,3-4,8,13H2,1-2H3. The Balaban J connectivity index is 2.76. The fraction of sp³-hybridized carbons (Fsp3) is 0.455. The van der Waals surface area contributed by atoms with Crippen LogP contribution < -0.4 is 5.73 Å². The molecule has 0 atom stereocenters. The first kappa shape index (κ1) is 11.0. The van der Waals surface area contributed by atoms with Gasteiger partial charge in [0, 0.05) is 12.2 Å². The molecule has 0 aliphatic rings. The highest BCUT2D eigenvalue weighted by Crippen LogP contribution is 2.15. The van der Waals surface area contributed by atoms with E-state index in [4.69, 9.17) is 5.73 Å². The number of nitrogens with zero attached hydrogens (tertiary/aromatic N) is 1. The third-order valence-corrected chi connectivity index (χ3v) is 2.40. The van der Waals surface area contributed by atoms with Gasteiger partial charge in [-0.05, 0) is 30.8 Å². The molecule has 0 aromatic heterocycles. The Hall–Kier alpha value is -1.09. The second-order valence-corrected chi connectivity index (χ2v) is 3.30. The lowest BCUT2D eigenvalue weighted by atomic mass is 10.1. The molecular weight excluding hydrogens is 179 g/mol. The van der Waals surface area contributed by atoms with E-state index >= 15 is 0 Å². The second-order valence-electron chi connectivity index (χ2n) is 3.30. The maximum absolute atomic E-state index is 12.8. The molecule has 2 nitrogen and oxygen atoms in total. The highest BCUT2D eigenvalue weighted by atomic mass is 19.1. The van der Waals surface area contributed by atoms with Crippen LogP contribution in [-0.4, -0.2) is 18.0 Å². The summed E-state index contributed by atoms with van der Waals surface area (Å²) in [7, 11) is 0. The van der Waals surface area contributed by atoms with E-state index in [0.29, 0.717) is 5.69 Å². The maximum atomic E-state index is 12.8. The van der Waals surface area contributed by atoms with Crippen molar-refractivity contribution >= 4 is 5.69 Å². The van der Waals surface area contributed by atoms with Gasteiger partial charge in [-0.2, -0.15) is 0 Å². The predicted molar refractivity (Wildman–Crippen MR) is 57.4 cm³/mol. The Bertz CT molecular complexity index is 295. The van der Waals surface area contributed by atoms with Gasteiger partial charge in [-0.3, -0.25) is 4.90 Å².